The van der Waals surface area contributed by atoms with E-state index in [-0.39, 0.29) is 5.91 Å². The molecule has 0 aromatic heterocycles. The number of fused-ring (bicyclic) bond motifs is 1. The topological polar surface area (TPSA) is 44.4 Å². The normalized spacial score (nSPS) is 28.8. The van der Waals surface area contributed by atoms with E-state index in [0.717, 1.165) is 56.8 Å². The zero-order valence-corrected chi connectivity index (χ0v) is 20.9. The third kappa shape index (κ3) is 6.27. The monoisotopic (exact) mass is 459 g/mol. The van der Waals surface area contributed by atoms with Gasteiger partial charge in [0.05, 0.1) is 10.6 Å². The fraction of sp³-hybridized carbons (Fsp3) is 0.741. The quantitative estimate of drug-likeness (QED) is 0.450. The summed E-state index contributed by atoms with van der Waals surface area (Å²) in [6, 6.07) is 5.97. The van der Waals surface area contributed by atoms with Crippen LogP contribution < -0.4 is 10.6 Å². The van der Waals surface area contributed by atoms with Gasteiger partial charge in [-0.2, -0.15) is 0 Å². The standard InChI is InChI=1S/C27H42ClN3O/c1-31(2)12-4-11-29-10-3-5-20-6-7-25(28)24(16-20)26(32)30-19-27-9-8-21-13-22(17-27)15-23(14-21)18-27/h6-7,16,21-23,29H,3-5,8-15,17-19H2,1-2H3,(H,30,32). The first-order valence-electron chi connectivity index (χ1n) is 12.8. The van der Waals surface area contributed by atoms with Crippen molar-refractivity contribution < 1.29 is 4.79 Å². The fourth-order valence-corrected chi connectivity index (χ4v) is 7.06. The fourth-order valence-electron chi connectivity index (χ4n) is 6.85. The lowest BCUT2D eigenvalue weighted by molar-refractivity contribution is 0.0614. The zero-order valence-electron chi connectivity index (χ0n) is 20.1. The summed E-state index contributed by atoms with van der Waals surface area (Å²) >= 11 is 6.44. The lowest BCUT2D eigenvalue weighted by atomic mass is 9.61. The van der Waals surface area contributed by atoms with E-state index in [1.807, 2.05) is 12.1 Å². The Hall–Kier alpha value is -1.10. The summed E-state index contributed by atoms with van der Waals surface area (Å²) in [5, 5.41) is 7.39. The van der Waals surface area contributed by atoms with E-state index in [1.54, 1.807) is 0 Å². The first-order chi connectivity index (χ1) is 15.4. The van der Waals surface area contributed by atoms with Crippen molar-refractivity contribution in [1.29, 1.82) is 0 Å². The molecule has 4 nitrogen and oxygen atoms in total. The van der Waals surface area contributed by atoms with Crippen molar-refractivity contribution in [1.82, 2.24) is 15.5 Å². The molecule has 178 valence electrons. The van der Waals surface area contributed by atoms with Crippen molar-refractivity contribution in [3.05, 3.63) is 34.3 Å². The molecule has 4 aliphatic rings. The highest BCUT2D eigenvalue weighted by Gasteiger charge is 2.47. The Morgan fingerprint density at radius 1 is 1.09 bits per heavy atom. The van der Waals surface area contributed by atoms with Gasteiger partial charge in [-0.25, -0.2) is 0 Å². The number of halogens is 1. The number of nitrogens with one attached hydrogen (secondary N) is 2. The summed E-state index contributed by atoms with van der Waals surface area (Å²) in [6.45, 7) is 3.99. The molecule has 4 aliphatic carbocycles. The molecule has 4 saturated carbocycles. The third-order valence-electron chi connectivity index (χ3n) is 8.20. The Morgan fingerprint density at radius 3 is 2.56 bits per heavy atom. The van der Waals surface area contributed by atoms with Crippen LogP contribution in [0.1, 0.15) is 73.7 Å². The summed E-state index contributed by atoms with van der Waals surface area (Å²) < 4.78 is 0. The van der Waals surface area contributed by atoms with E-state index < -0.39 is 0 Å². The van der Waals surface area contributed by atoms with E-state index in [9.17, 15) is 4.79 Å². The van der Waals surface area contributed by atoms with Crippen LogP contribution in [0.15, 0.2) is 18.2 Å². The third-order valence-corrected chi connectivity index (χ3v) is 8.53. The van der Waals surface area contributed by atoms with Gasteiger partial charge in [0.1, 0.15) is 0 Å². The minimum absolute atomic E-state index is 0.00625. The van der Waals surface area contributed by atoms with Gasteiger partial charge in [0, 0.05) is 6.54 Å². The minimum atomic E-state index is 0.00625. The van der Waals surface area contributed by atoms with E-state index in [2.05, 4.69) is 35.7 Å². The SMILES string of the molecule is CN(C)CCCNCCCc1ccc(Cl)c(C(=O)NCC23CCC4CC(CC(C4)C2)C3)c1. The van der Waals surface area contributed by atoms with Gasteiger partial charge in [-0.1, -0.05) is 17.7 Å². The molecule has 1 amide bonds. The summed E-state index contributed by atoms with van der Waals surface area (Å²) in [7, 11) is 4.22. The lowest BCUT2D eigenvalue weighted by Gasteiger charge is -2.45. The highest BCUT2D eigenvalue weighted by molar-refractivity contribution is 6.33. The van der Waals surface area contributed by atoms with Gasteiger partial charge in [0.25, 0.3) is 5.91 Å². The van der Waals surface area contributed by atoms with Crippen LogP contribution in [0.3, 0.4) is 0 Å². The summed E-state index contributed by atoms with van der Waals surface area (Å²) in [4.78, 5) is 15.3. The van der Waals surface area contributed by atoms with Gasteiger partial charge in [-0.05, 0) is 139 Å². The lowest BCUT2D eigenvalue weighted by Crippen LogP contribution is -2.42. The maximum absolute atomic E-state index is 13.1. The Kier molecular flexibility index (Phi) is 8.18. The molecular weight excluding hydrogens is 418 g/mol. The number of rotatable bonds is 11. The highest BCUT2D eigenvalue weighted by Crippen LogP contribution is 2.56. The largest absolute Gasteiger partial charge is 0.351 e. The van der Waals surface area contributed by atoms with Crippen molar-refractivity contribution in [2.75, 3.05) is 40.3 Å². The van der Waals surface area contributed by atoms with Crippen molar-refractivity contribution in [2.45, 2.75) is 64.2 Å². The zero-order chi connectivity index (χ0) is 22.6. The molecule has 2 unspecified atom stereocenters. The first kappa shape index (κ1) is 24.0. The molecule has 1 aromatic carbocycles. The molecule has 1 aromatic rings. The molecule has 0 radical (unpaired) electrons. The molecule has 0 spiro atoms. The van der Waals surface area contributed by atoms with Gasteiger partial charge < -0.3 is 15.5 Å². The average molecular weight is 460 g/mol. The Labute approximate surface area is 199 Å². The Morgan fingerprint density at radius 2 is 1.81 bits per heavy atom. The van der Waals surface area contributed by atoms with Gasteiger partial charge >= 0.3 is 0 Å². The molecule has 5 heteroatoms. The van der Waals surface area contributed by atoms with Crippen LogP contribution in [0, 0.1) is 23.2 Å². The van der Waals surface area contributed by atoms with Crippen molar-refractivity contribution in [3.8, 4) is 0 Å². The maximum Gasteiger partial charge on any atom is 0.252 e. The average Bonchev–Trinajstić information content (AvgIpc) is 2.96. The predicted molar refractivity (Wildman–Crippen MR) is 133 cm³/mol. The van der Waals surface area contributed by atoms with Crippen LogP contribution in [0.2, 0.25) is 5.02 Å². The van der Waals surface area contributed by atoms with Crippen LogP contribution in [-0.2, 0) is 6.42 Å². The number of hydrogen-bond donors (Lipinski definition) is 2. The molecule has 4 fully saturated rings. The van der Waals surface area contributed by atoms with Crippen LogP contribution >= 0.6 is 11.6 Å². The predicted octanol–water partition coefficient (Wildman–Crippen LogP) is 5.15. The van der Waals surface area contributed by atoms with Gasteiger partial charge in [0.15, 0.2) is 0 Å². The summed E-state index contributed by atoms with van der Waals surface area (Å²) in [6.07, 6.45) is 12.8. The Bertz CT molecular complexity index is 766. The number of carbonyl (C=O) groups excluding carboxylic acids is 1. The minimum Gasteiger partial charge on any atom is -0.351 e. The van der Waals surface area contributed by atoms with Crippen LogP contribution in [0.25, 0.3) is 0 Å². The van der Waals surface area contributed by atoms with Crippen LogP contribution in [0.4, 0.5) is 0 Å². The van der Waals surface area contributed by atoms with E-state index in [1.165, 1.54) is 56.9 Å². The molecule has 2 N–H and O–H groups in total. The number of benzene rings is 1. The molecule has 32 heavy (non-hydrogen) atoms. The maximum atomic E-state index is 13.1. The van der Waals surface area contributed by atoms with Crippen LogP contribution in [0.5, 0.6) is 0 Å². The molecule has 0 aliphatic heterocycles. The molecular formula is C27H42ClN3O. The van der Waals surface area contributed by atoms with Gasteiger partial charge in [0.2, 0.25) is 0 Å². The van der Waals surface area contributed by atoms with E-state index >= 15 is 0 Å². The van der Waals surface area contributed by atoms with Gasteiger partial charge in [-0.3, -0.25) is 4.79 Å². The smallest absolute Gasteiger partial charge is 0.252 e. The molecule has 0 saturated heterocycles. The highest BCUT2D eigenvalue weighted by atomic mass is 35.5. The Balaban J connectivity index is 1.26. The van der Waals surface area contributed by atoms with Crippen LogP contribution in [-0.4, -0.2) is 51.1 Å². The summed E-state index contributed by atoms with van der Waals surface area (Å²) in [5.41, 5.74) is 2.17. The molecule has 2 atom stereocenters. The van der Waals surface area contributed by atoms with Crippen molar-refractivity contribution in [2.24, 2.45) is 23.2 Å². The second kappa shape index (κ2) is 10.9. The van der Waals surface area contributed by atoms with Gasteiger partial charge in [-0.15, -0.1) is 0 Å². The summed E-state index contributed by atoms with van der Waals surface area (Å²) in [5.74, 6) is 2.75. The molecule has 4 bridgehead atoms. The number of amides is 1. The number of carbonyl (C=O) groups is 1. The second-order valence-corrected chi connectivity index (χ2v) is 11.7. The second-order valence-electron chi connectivity index (χ2n) is 11.3. The van der Waals surface area contributed by atoms with E-state index in [4.69, 9.17) is 11.6 Å². The van der Waals surface area contributed by atoms with Crippen molar-refractivity contribution in [3.63, 3.8) is 0 Å². The number of nitrogens with zero attached hydrogens (tertiary/aromatic N) is 1. The van der Waals surface area contributed by atoms with E-state index in [0.29, 0.717) is 16.0 Å². The number of aryl methyl sites for hydroxylation is 1. The molecule has 0 heterocycles. The first-order valence-corrected chi connectivity index (χ1v) is 13.2. The molecule has 5 rings (SSSR count). The number of hydrogen-bond acceptors (Lipinski definition) is 3. The van der Waals surface area contributed by atoms with Crippen molar-refractivity contribution >= 4 is 17.5 Å².